The van der Waals surface area contributed by atoms with Crippen LogP contribution in [-0.2, 0) is 11.3 Å². The number of aromatic nitrogens is 3. The summed E-state index contributed by atoms with van der Waals surface area (Å²) in [5, 5.41) is 11.9. The number of rotatable bonds is 5. The zero-order chi connectivity index (χ0) is 20.1. The number of anilines is 1. The second-order valence-electron chi connectivity index (χ2n) is 7.39. The summed E-state index contributed by atoms with van der Waals surface area (Å²) >= 11 is 0. The summed E-state index contributed by atoms with van der Waals surface area (Å²) in [6.07, 6.45) is 3.37. The highest BCUT2D eigenvalue weighted by Gasteiger charge is 2.25. The monoisotopic (exact) mass is 387 g/mol. The highest BCUT2D eigenvalue weighted by molar-refractivity contribution is 5.79. The van der Waals surface area contributed by atoms with Crippen molar-refractivity contribution in [1.82, 2.24) is 20.5 Å². The standard InChI is InChI=1S/C23H25N5O/c1-17-6-2-3-8-20(17)21-9-10-22(27-26-21)28-14-11-18(12-15-28)23(29)25-16-19-7-4-5-13-24-19/h2-10,13,18H,11-12,14-16H2,1H3,(H,25,29). The molecule has 0 spiro atoms. The Morgan fingerprint density at radius 3 is 2.52 bits per heavy atom. The summed E-state index contributed by atoms with van der Waals surface area (Å²) in [7, 11) is 0. The number of aryl methyl sites for hydroxylation is 1. The molecule has 3 aromatic rings. The molecule has 1 amide bonds. The molecule has 0 unspecified atom stereocenters. The van der Waals surface area contributed by atoms with E-state index in [1.807, 2.05) is 42.5 Å². The molecule has 3 heterocycles. The third-order valence-electron chi connectivity index (χ3n) is 5.43. The van der Waals surface area contributed by atoms with E-state index >= 15 is 0 Å². The van der Waals surface area contributed by atoms with Crippen LogP contribution >= 0.6 is 0 Å². The highest BCUT2D eigenvalue weighted by Crippen LogP contribution is 2.25. The van der Waals surface area contributed by atoms with E-state index in [1.54, 1.807) is 6.20 Å². The number of pyridine rings is 1. The molecule has 0 radical (unpaired) electrons. The van der Waals surface area contributed by atoms with Crippen LogP contribution < -0.4 is 10.2 Å². The summed E-state index contributed by atoms with van der Waals surface area (Å²) in [4.78, 5) is 18.9. The zero-order valence-corrected chi connectivity index (χ0v) is 16.6. The minimum absolute atomic E-state index is 0.0363. The maximum Gasteiger partial charge on any atom is 0.223 e. The molecule has 1 N–H and O–H groups in total. The van der Waals surface area contributed by atoms with Gasteiger partial charge in [-0.3, -0.25) is 9.78 Å². The zero-order valence-electron chi connectivity index (χ0n) is 16.6. The van der Waals surface area contributed by atoms with E-state index in [0.717, 1.165) is 48.7 Å². The number of hydrogen-bond donors (Lipinski definition) is 1. The van der Waals surface area contributed by atoms with Crippen LogP contribution in [0.3, 0.4) is 0 Å². The number of amides is 1. The van der Waals surface area contributed by atoms with Gasteiger partial charge in [-0.15, -0.1) is 10.2 Å². The Hall–Kier alpha value is -3.28. The lowest BCUT2D eigenvalue weighted by atomic mass is 9.96. The van der Waals surface area contributed by atoms with Gasteiger partial charge in [-0.25, -0.2) is 0 Å². The van der Waals surface area contributed by atoms with Crippen molar-refractivity contribution in [3.8, 4) is 11.3 Å². The Bertz CT molecular complexity index is 951. The number of carbonyl (C=O) groups is 1. The lowest BCUT2D eigenvalue weighted by Crippen LogP contribution is -2.40. The Labute approximate surface area is 171 Å². The molecule has 1 saturated heterocycles. The molecule has 0 atom stereocenters. The summed E-state index contributed by atoms with van der Waals surface area (Å²) < 4.78 is 0. The molecule has 1 aromatic carbocycles. The molecule has 4 rings (SSSR count). The number of nitrogens with zero attached hydrogens (tertiary/aromatic N) is 4. The summed E-state index contributed by atoms with van der Waals surface area (Å²) in [5.74, 6) is 1.01. The van der Waals surface area contributed by atoms with E-state index in [2.05, 4.69) is 44.5 Å². The van der Waals surface area contributed by atoms with Crippen molar-refractivity contribution >= 4 is 11.7 Å². The average molecular weight is 387 g/mol. The smallest absolute Gasteiger partial charge is 0.223 e. The van der Waals surface area contributed by atoms with Gasteiger partial charge in [0.25, 0.3) is 0 Å². The Kier molecular flexibility index (Phi) is 5.79. The number of benzene rings is 1. The fourth-order valence-electron chi connectivity index (χ4n) is 3.69. The SMILES string of the molecule is Cc1ccccc1-c1ccc(N2CCC(C(=O)NCc3ccccn3)CC2)nn1. The lowest BCUT2D eigenvalue weighted by molar-refractivity contribution is -0.125. The molecule has 0 aliphatic carbocycles. The predicted octanol–water partition coefficient (Wildman–Crippen LogP) is 3.38. The van der Waals surface area contributed by atoms with Gasteiger partial charge in [0.05, 0.1) is 17.9 Å². The van der Waals surface area contributed by atoms with Gasteiger partial charge in [0.1, 0.15) is 0 Å². The van der Waals surface area contributed by atoms with Crippen LogP contribution in [0.25, 0.3) is 11.3 Å². The molecule has 2 aromatic heterocycles. The largest absolute Gasteiger partial charge is 0.355 e. The Morgan fingerprint density at radius 2 is 1.83 bits per heavy atom. The van der Waals surface area contributed by atoms with Crippen molar-refractivity contribution in [2.45, 2.75) is 26.3 Å². The number of piperidine rings is 1. The fraction of sp³-hybridized carbons (Fsp3) is 0.304. The highest BCUT2D eigenvalue weighted by atomic mass is 16.1. The second kappa shape index (κ2) is 8.82. The summed E-state index contributed by atoms with van der Waals surface area (Å²) in [5.41, 5.74) is 4.06. The molecule has 6 heteroatoms. The third kappa shape index (κ3) is 4.59. The molecule has 29 heavy (non-hydrogen) atoms. The molecule has 1 aliphatic heterocycles. The first-order valence-electron chi connectivity index (χ1n) is 10.0. The van der Waals surface area contributed by atoms with Gasteiger partial charge in [-0.2, -0.15) is 0 Å². The first-order valence-corrected chi connectivity index (χ1v) is 10.0. The van der Waals surface area contributed by atoms with Gasteiger partial charge in [0.15, 0.2) is 5.82 Å². The van der Waals surface area contributed by atoms with Crippen LogP contribution in [0, 0.1) is 12.8 Å². The van der Waals surface area contributed by atoms with Crippen LogP contribution in [0.5, 0.6) is 0 Å². The third-order valence-corrected chi connectivity index (χ3v) is 5.43. The van der Waals surface area contributed by atoms with Crippen molar-refractivity contribution in [2.24, 2.45) is 5.92 Å². The molecular formula is C23H25N5O. The van der Waals surface area contributed by atoms with Gasteiger partial charge in [0, 0.05) is 30.8 Å². The molecule has 1 aliphatic rings. The first kappa shape index (κ1) is 19.1. The average Bonchev–Trinajstić information content (AvgIpc) is 2.79. The molecule has 1 fully saturated rings. The van der Waals surface area contributed by atoms with Crippen LogP contribution in [0.2, 0.25) is 0 Å². The van der Waals surface area contributed by atoms with Crippen molar-refractivity contribution in [3.63, 3.8) is 0 Å². The van der Waals surface area contributed by atoms with Crippen LogP contribution in [0.15, 0.2) is 60.8 Å². The van der Waals surface area contributed by atoms with Crippen molar-refractivity contribution in [1.29, 1.82) is 0 Å². The van der Waals surface area contributed by atoms with Gasteiger partial charge in [0.2, 0.25) is 5.91 Å². The van der Waals surface area contributed by atoms with E-state index in [9.17, 15) is 4.79 Å². The van der Waals surface area contributed by atoms with E-state index in [-0.39, 0.29) is 11.8 Å². The second-order valence-corrected chi connectivity index (χ2v) is 7.39. The molecule has 148 valence electrons. The molecule has 0 saturated carbocycles. The van der Waals surface area contributed by atoms with Crippen LogP contribution in [-0.4, -0.2) is 34.2 Å². The summed E-state index contributed by atoms with van der Waals surface area (Å²) in [6, 6.07) is 18.0. The normalized spacial score (nSPS) is 14.6. The van der Waals surface area contributed by atoms with Gasteiger partial charge in [-0.1, -0.05) is 30.3 Å². The number of hydrogen-bond acceptors (Lipinski definition) is 5. The minimum atomic E-state index is 0.0363. The van der Waals surface area contributed by atoms with Gasteiger partial charge in [-0.05, 0) is 49.6 Å². The Balaban J connectivity index is 1.31. The Morgan fingerprint density at radius 1 is 1.03 bits per heavy atom. The van der Waals surface area contributed by atoms with Crippen molar-refractivity contribution in [2.75, 3.05) is 18.0 Å². The van der Waals surface area contributed by atoms with E-state index in [0.29, 0.717) is 6.54 Å². The van der Waals surface area contributed by atoms with Crippen molar-refractivity contribution < 1.29 is 4.79 Å². The first-order chi connectivity index (χ1) is 14.2. The lowest BCUT2D eigenvalue weighted by Gasteiger charge is -2.31. The quantitative estimate of drug-likeness (QED) is 0.727. The van der Waals surface area contributed by atoms with Gasteiger partial charge < -0.3 is 10.2 Å². The topological polar surface area (TPSA) is 71.0 Å². The minimum Gasteiger partial charge on any atom is -0.355 e. The maximum absolute atomic E-state index is 12.5. The van der Waals surface area contributed by atoms with Crippen LogP contribution in [0.1, 0.15) is 24.1 Å². The number of carbonyl (C=O) groups excluding carboxylic acids is 1. The van der Waals surface area contributed by atoms with E-state index < -0.39 is 0 Å². The fourth-order valence-corrected chi connectivity index (χ4v) is 3.69. The van der Waals surface area contributed by atoms with E-state index in [4.69, 9.17) is 0 Å². The molecule has 6 nitrogen and oxygen atoms in total. The maximum atomic E-state index is 12.5. The van der Waals surface area contributed by atoms with E-state index in [1.165, 1.54) is 5.56 Å². The molecule has 0 bridgehead atoms. The van der Waals surface area contributed by atoms with Gasteiger partial charge >= 0.3 is 0 Å². The molecular weight excluding hydrogens is 362 g/mol. The number of nitrogens with one attached hydrogen (secondary N) is 1. The summed E-state index contributed by atoms with van der Waals surface area (Å²) in [6.45, 7) is 4.17. The van der Waals surface area contributed by atoms with Crippen LogP contribution in [0.4, 0.5) is 5.82 Å². The predicted molar refractivity (Wildman–Crippen MR) is 113 cm³/mol. The van der Waals surface area contributed by atoms with Crippen molar-refractivity contribution in [3.05, 3.63) is 72.1 Å².